The SMILES string of the molecule is CC(C)(O)C(NC(=O)c1cnn2ccc(N3CCC(F)(F)C3)nc12)c1ccc(OC(F)(F)F)c(F)c1. The smallest absolute Gasteiger partial charge is 0.403 e. The Morgan fingerprint density at radius 2 is 1.97 bits per heavy atom. The number of amides is 1. The Balaban J connectivity index is 1.62. The summed E-state index contributed by atoms with van der Waals surface area (Å²) in [6, 6.07) is 2.74. The molecular weight excluding hydrogens is 496 g/mol. The Kier molecular flexibility index (Phi) is 6.27. The summed E-state index contributed by atoms with van der Waals surface area (Å²) in [4.78, 5) is 18.8. The van der Waals surface area contributed by atoms with Crippen molar-refractivity contribution in [2.75, 3.05) is 18.0 Å². The molecule has 1 aliphatic heterocycles. The third-order valence-electron chi connectivity index (χ3n) is 5.59. The number of aromatic nitrogens is 3. The number of nitrogens with one attached hydrogen (secondary N) is 1. The van der Waals surface area contributed by atoms with Crippen molar-refractivity contribution in [3.05, 3.63) is 53.6 Å². The van der Waals surface area contributed by atoms with Crippen LogP contribution < -0.4 is 15.0 Å². The van der Waals surface area contributed by atoms with E-state index < -0.39 is 47.9 Å². The summed E-state index contributed by atoms with van der Waals surface area (Å²) in [6.07, 6.45) is -2.80. The van der Waals surface area contributed by atoms with E-state index in [1.54, 1.807) is 0 Å². The monoisotopic (exact) mass is 517 g/mol. The molecular formula is C22H21F6N5O3. The molecule has 36 heavy (non-hydrogen) atoms. The molecule has 0 saturated carbocycles. The Bertz CT molecular complexity index is 1290. The number of benzene rings is 1. The van der Waals surface area contributed by atoms with Crippen LogP contribution >= 0.6 is 0 Å². The molecule has 1 aliphatic rings. The number of rotatable bonds is 6. The number of carbonyl (C=O) groups excluding carboxylic acids is 1. The second-order valence-corrected chi connectivity index (χ2v) is 8.94. The van der Waals surface area contributed by atoms with Crippen LogP contribution in [0.4, 0.5) is 32.2 Å². The lowest BCUT2D eigenvalue weighted by atomic mass is 9.91. The molecule has 0 aliphatic carbocycles. The molecule has 1 fully saturated rings. The standard InChI is InChI=1S/C22H21F6N5O3/c1-20(2,35)17(12-3-4-15(14(23)9-12)36-22(26,27)28)31-19(34)13-10-29-33-7-5-16(30-18(13)33)32-8-6-21(24,25)11-32/h3-5,7,9-10,17,35H,6,8,11H2,1-2H3,(H,31,34). The van der Waals surface area contributed by atoms with Gasteiger partial charge < -0.3 is 20.1 Å². The molecule has 2 N–H and O–H groups in total. The first-order valence-corrected chi connectivity index (χ1v) is 10.7. The fourth-order valence-electron chi connectivity index (χ4n) is 3.91. The highest BCUT2D eigenvalue weighted by atomic mass is 19.4. The molecule has 1 saturated heterocycles. The van der Waals surface area contributed by atoms with Crippen molar-refractivity contribution < 1.29 is 41.0 Å². The molecule has 194 valence electrons. The zero-order valence-electron chi connectivity index (χ0n) is 19.0. The molecule has 0 spiro atoms. The zero-order chi connectivity index (χ0) is 26.5. The zero-order valence-corrected chi connectivity index (χ0v) is 19.0. The Morgan fingerprint density at radius 3 is 2.56 bits per heavy atom. The minimum absolute atomic E-state index is 0.0349. The first-order chi connectivity index (χ1) is 16.6. The van der Waals surface area contributed by atoms with Crippen LogP contribution in [0.15, 0.2) is 36.7 Å². The van der Waals surface area contributed by atoms with E-state index in [0.717, 1.165) is 12.1 Å². The van der Waals surface area contributed by atoms with E-state index in [1.807, 2.05) is 0 Å². The van der Waals surface area contributed by atoms with Crippen molar-refractivity contribution in [3.8, 4) is 5.75 Å². The van der Waals surface area contributed by atoms with Crippen molar-refractivity contribution in [2.24, 2.45) is 0 Å². The number of hydrogen-bond donors (Lipinski definition) is 2. The number of alkyl halides is 5. The number of nitrogens with zero attached hydrogens (tertiary/aromatic N) is 4. The number of aliphatic hydroxyl groups is 1. The van der Waals surface area contributed by atoms with Crippen molar-refractivity contribution in [2.45, 2.75) is 44.2 Å². The molecule has 1 atom stereocenters. The van der Waals surface area contributed by atoms with Crippen LogP contribution in [0, 0.1) is 5.82 Å². The van der Waals surface area contributed by atoms with Gasteiger partial charge in [0.25, 0.3) is 11.8 Å². The maximum Gasteiger partial charge on any atom is 0.573 e. The van der Waals surface area contributed by atoms with E-state index in [2.05, 4.69) is 20.1 Å². The van der Waals surface area contributed by atoms with Crippen molar-refractivity contribution in [1.29, 1.82) is 0 Å². The fourth-order valence-corrected chi connectivity index (χ4v) is 3.91. The summed E-state index contributed by atoms with van der Waals surface area (Å²) in [6.45, 7) is 2.18. The van der Waals surface area contributed by atoms with Gasteiger partial charge in [0, 0.05) is 19.2 Å². The summed E-state index contributed by atoms with van der Waals surface area (Å²) >= 11 is 0. The molecule has 14 heteroatoms. The van der Waals surface area contributed by atoms with Gasteiger partial charge in [-0.25, -0.2) is 22.7 Å². The first-order valence-electron chi connectivity index (χ1n) is 10.7. The third-order valence-corrected chi connectivity index (χ3v) is 5.59. The summed E-state index contributed by atoms with van der Waals surface area (Å²) in [5.41, 5.74) is -1.73. The van der Waals surface area contributed by atoms with Gasteiger partial charge in [-0.05, 0) is 37.6 Å². The minimum atomic E-state index is -5.10. The van der Waals surface area contributed by atoms with Crippen LogP contribution in [0.2, 0.25) is 0 Å². The molecule has 1 unspecified atom stereocenters. The van der Waals surface area contributed by atoms with E-state index in [1.165, 1.54) is 41.7 Å². The average Bonchev–Trinajstić information content (AvgIpc) is 3.34. The van der Waals surface area contributed by atoms with Gasteiger partial charge in [-0.15, -0.1) is 13.2 Å². The van der Waals surface area contributed by atoms with Crippen molar-refractivity contribution in [1.82, 2.24) is 19.9 Å². The van der Waals surface area contributed by atoms with Gasteiger partial charge in [0.15, 0.2) is 17.2 Å². The lowest BCUT2D eigenvalue weighted by Gasteiger charge is -2.30. The van der Waals surface area contributed by atoms with Crippen LogP contribution in [0.1, 0.15) is 42.2 Å². The molecule has 4 rings (SSSR count). The highest BCUT2D eigenvalue weighted by Gasteiger charge is 2.39. The number of halogens is 6. The van der Waals surface area contributed by atoms with Crippen LogP contribution in [0.25, 0.3) is 5.65 Å². The van der Waals surface area contributed by atoms with Crippen LogP contribution in [0.3, 0.4) is 0 Å². The quantitative estimate of drug-likeness (QED) is 0.483. The number of fused-ring (bicyclic) bond motifs is 1. The summed E-state index contributed by atoms with van der Waals surface area (Å²) in [5, 5.41) is 17.1. The predicted molar refractivity (Wildman–Crippen MR) is 114 cm³/mol. The van der Waals surface area contributed by atoms with Gasteiger partial charge in [-0.1, -0.05) is 6.07 Å². The maximum atomic E-state index is 14.3. The van der Waals surface area contributed by atoms with E-state index in [4.69, 9.17) is 0 Å². The molecule has 8 nitrogen and oxygen atoms in total. The van der Waals surface area contributed by atoms with Crippen LogP contribution in [0.5, 0.6) is 5.75 Å². The molecule has 1 amide bonds. The Hall–Kier alpha value is -3.55. The normalized spacial score (nSPS) is 16.9. The maximum absolute atomic E-state index is 14.3. The van der Waals surface area contributed by atoms with Gasteiger partial charge in [0.05, 0.1) is 24.4 Å². The third kappa shape index (κ3) is 5.48. The lowest BCUT2D eigenvalue weighted by Crippen LogP contribution is -2.42. The van der Waals surface area contributed by atoms with Crippen LogP contribution in [-0.2, 0) is 0 Å². The van der Waals surface area contributed by atoms with Crippen molar-refractivity contribution in [3.63, 3.8) is 0 Å². The van der Waals surface area contributed by atoms with E-state index in [-0.39, 0.29) is 35.6 Å². The topological polar surface area (TPSA) is 92.0 Å². The number of carbonyl (C=O) groups is 1. The molecule has 0 bridgehead atoms. The van der Waals surface area contributed by atoms with Crippen molar-refractivity contribution >= 4 is 17.4 Å². The lowest BCUT2D eigenvalue weighted by molar-refractivity contribution is -0.275. The van der Waals surface area contributed by atoms with E-state index in [0.29, 0.717) is 6.07 Å². The Labute approximate surface area is 200 Å². The van der Waals surface area contributed by atoms with Gasteiger partial charge in [-0.3, -0.25) is 4.79 Å². The van der Waals surface area contributed by atoms with Gasteiger partial charge in [-0.2, -0.15) is 5.10 Å². The van der Waals surface area contributed by atoms with Gasteiger partial charge in [0.2, 0.25) is 0 Å². The highest BCUT2D eigenvalue weighted by molar-refractivity contribution is 6.00. The van der Waals surface area contributed by atoms with E-state index >= 15 is 0 Å². The minimum Gasteiger partial charge on any atom is -0.403 e. The molecule has 3 aromatic rings. The first kappa shape index (κ1) is 25.5. The number of ether oxygens (including phenoxy) is 1. The second kappa shape index (κ2) is 8.84. The molecule has 1 aromatic carbocycles. The average molecular weight is 517 g/mol. The molecule has 0 radical (unpaired) electrons. The summed E-state index contributed by atoms with van der Waals surface area (Å²) in [5.74, 6) is -5.85. The predicted octanol–water partition coefficient (Wildman–Crippen LogP) is 3.85. The number of anilines is 1. The van der Waals surface area contributed by atoms with Gasteiger partial charge >= 0.3 is 6.36 Å². The largest absolute Gasteiger partial charge is 0.573 e. The van der Waals surface area contributed by atoms with Crippen LogP contribution in [-0.4, -0.2) is 56.6 Å². The fraction of sp³-hybridized carbons (Fsp3) is 0.409. The number of hydrogen-bond acceptors (Lipinski definition) is 6. The molecule has 2 aromatic heterocycles. The molecule has 3 heterocycles. The van der Waals surface area contributed by atoms with Gasteiger partial charge in [0.1, 0.15) is 11.4 Å². The highest BCUT2D eigenvalue weighted by Crippen LogP contribution is 2.33. The Morgan fingerprint density at radius 1 is 1.25 bits per heavy atom. The van der Waals surface area contributed by atoms with E-state index in [9.17, 15) is 36.2 Å². The summed E-state index contributed by atoms with van der Waals surface area (Å²) in [7, 11) is 0. The second-order valence-electron chi connectivity index (χ2n) is 8.94. The summed E-state index contributed by atoms with van der Waals surface area (Å²) < 4.78 is 83.8.